The molecule has 0 saturated carbocycles. The zero-order valence-electron chi connectivity index (χ0n) is 8.65. The molecule has 15 heavy (non-hydrogen) atoms. The molecule has 0 radical (unpaired) electrons. The molecule has 0 saturated heterocycles. The van der Waals surface area contributed by atoms with Gasteiger partial charge in [-0.2, -0.15) is 0 Å². The minimum Gasteiger partial charge on any atom is -0.481 e. The predicted octanol–water partition coefficient (Wildman–Crippen LogP) is 2.44. The van der Waals surface area contributed by atoms with Crippen LogP contribution in [-0.2, 0) is 16.1 Å². The van der Waals surface area contributed by atoms with Crippen LogP contribution in [0, 0.1) is 0 Å². The van der Waals surface area contributed by atoms with E-state index in [0.29, 0.717) is 13.2 Å². The van der Waals surface area contributed by atoms with Crippen molar-refractivity contribution in [1.82, 2.24) is 0 Å². The van der Waals surface area contributed by atoms with Gasteiger partial charge in [-0.3, -0.25) is 4.79 Å². The highest BCUT2D eigenvalue weighted by molar-refractivity contribution is 5.66. The summed E-state index contributed by atoms with van der Waals surface area (Å²) in [4.78, 5) is 10.2. The number of furan rings is 1. The number of aliphatic carboxylic acids is 1. The minimum absolute atomic E-state index is 0.248. The number of ether oxygens (including phenoxy) is 1. The van der Waals surface area contributed by atoms with E-state index in [2.05, 4.69) is 0 Å². The summed E-state index contributed by atoms with van der Waals surface area (Å²) in [6, 6.07) is 3.69. The van der Waals surface area contributed by atoms with Crippen molar-refractivity contribution in [2.24, 2.45) is 0 Å². The fourth-order valence-electron chi connectivity index (χ4n) is 1.22. The fraction of sp³-hybridized carbons (Fsp3) is 0.545. The number of hydrogen-bond acceptors (Lipinski definition) is 3. The lowest BCUT2D eigenvalue weighted by atomic mass is 10.2. The summed E-state index contributed by atoms with van der Waals surface area (Å²) < 4.78 is 10.4. The normalized spacial score (nSPS) is 10.4. The van der Waals surface area contributed by atoms with Gasteiger partial charge in [0.15, 0.2) is 0 Å². The summed E-state index contributed by atoms with van der Waals surface area (Å²) in [5, 5.41) is 8.40. The van der Waals surface area contributed by atoms with Crippen molar-refractivity contribution in [3.63, 3.8) is 0 Å². The van der Waals surface area contributed by atoms with Crippen molar-refractivity contribution in [1.29, 1.82) is 0 Å². The van der Waals surface area contributed by atoms with E-state index in [4.69, 9.17) is 14.3 Å². The summed E-state index contributed by atoms with van der Waals surface area (Å²) in [5.74, 6) is 0.0899. The molecule has 0 aromatic carbocycles. The first kappa shape index (κ1) is 11.8. The van der Waals surface area contributed by atoms with Crippen LogP contribution < -0.4 is 0 Å². The van der Waals surface area contributed by atoms with Crippen LogP contribution in [0.25, 0.3) is 0 Å². The lowest BCUT2D eigenvalue weighted by molar-refractivity contribution is -0.137. The Balaban J connectivity index is 1.87. The maximum Gasteiger partial charge on any atom is 0.303 e. The molecule has 0 aliphatic carbocycles. The first-order chi connectivity index (χ1) is 7.29. The third-order valence-corrected chi connectivity index (χ3v) is 2.00. The summed E-state index contributed by atoms with van der Waals surface area (Å²) in [6.07, 6.45) is 4.38. The molecule has 0 aliphatic rings. The van der Waals surface area contributed by atoms with E-state index >= 15 is 0 Å². The summed E-state index contributed by atoms with van der Waals surface area (Å²) in [6.45, 7) is 1.15. The van der Waals surface area contributed by atoms with Crippen molar-refractivity contribution < 1.29 is 19.1 Å². The molecule has 0 atom stereocenters. The number of carboxylic acid groups (broad SMARTS) is 1. The Kier molecular flexibility index (Phi) is 5.55. The van der Waals surface area contributed by atoms with Gasteiger partial charge in [-0.1, -0.05) is 6.42 Å². The number of carbonyl (C=O) groups is 1. The highest BCUT2D eigenvalue weighted by atomic mass is 16.5. The highest BCUT2D eigenvalue weighted by Crippen LogP contribution is 2.04. The average molecular weight is 212 g/mol. The first-order valence-corrected chi connectivity index (χ1v) is 5.11. The van der Waals surface area contributed by atoms with Gasteiger partial charge in [0, 0.05) is 13.0 Å². The molecule has 0 fully saturated rings. The molecule has 0 amide bonds. The smallest absolute Gasteiger partial charge is 0.303 e. The zero-order valence-corrected chi connectivity index (χ0v) is 8.65. The van der Waals surface area contributed by atoms with Gasteiger partial charge in [-0.25, -0.2) is 0 Å². The van der Waals surface area contributed by atoms with Crippen LogP contribution in [0.1, 0.15) is 31.4 Å². The number of hydrogen-bond donors (Lipinski definition) is 1. The number of unbranched alkanes of at least 4 members (excludes halogenated alkanes) is 2. The second-order valence-corrected chi connectivity index (χ2v) is 3.34. The van der Waals surface area contributed by atoms with E-state index in [0.717, 1.165) is 25.0 Å². The van der Waals surface area contributed by atoms with E-state index in [1.165, 1.54) is 0 Å². The quantitative estimate of drug-likeness (QED) is 0.672. The Morgan fingerprint density at radius 1 is 1.40 bits per heavy atom. The second-order valence-electron chi connectivity index (χ2n) is 3.34. The lowest BCUT2D eigenvalue weighted by Gasteiger charge is -2.01. The summed E-state index contributed by atoms with van der Waals surface area (Å²) >= 11 is 0. The standard InChI is InChI=1S/C11H16O4/c12-11(13)6-2-1-3-7-14-9-10-5-4-8-15-10/h4-5,8H,1-3,6-7,9H2,(H,12,13). The van der Waals surface area contributed by atoms with Crippen LogP contribution in [0.3, 0.4) is 0 Å². The lowest BCUT2D eigenvalue weighted by Crippen LogP contribution is -1.97. The topological polar surface area (TPSA) is 59.7 Å². The first-order valence-electron chi connectivity index (χ1n) is 5.11. The molecule has 0 spiro atoms. The molecule has 84 valence electrons. The van der Waals surface area contributed by atoms with E-state index in [-0.39, 0.29) is 6.42 Å². The van der Waals surface area contributed by atoms with Crippen molar-refractivity contribution >= 4 is 5.97 Å². The Morgan fingerprint density at radius 2 is 2.27 bits per heavy atom. The third-order valence-electron chi connectivity index (χ3n) is 2.00. The molecule has 4 nitrogen and oxygen atoms in total. The van der Waals surface area contributed by atoms with E-state index < -0.39 is 5.97 Å². The molecule has 0 aliphatic heterocycles. The zero-order chi connectivity index (χ0) is 10.9. The van der Waals surface area contributed by atoms with Gasteiger partial charge in [-0.05, 0) is 25.0 Å². The molecule has 0 unspecified atom stereocenters. The maximum absolute atomic E-state index is 10.2. The fourth-order valence-corrected chi connectivity index (χ4v) is 1.22. The Hall–Kier alpha value is -1.29. The summed E-state index contributed by atoms with van der Waals surface area (Å²) in [5.41, 5.74) is 0. The van der Waals surface area contributed by atoms with Crippen LogP contribution in [0.5, 0.6) is 0 Å². The monoisotopic (exact) mass is 212 g/mol. The number of carboxylic acids is 1. The molecule has 1 heterocycles. The highest BCUT2D eigenvalue weighted by Gasteiger charge is 1.97. The van der Waals surface area contributed by atoms with Gasteiger partial charge in [0.1, 0.15) is 12.4 Å². The molecule has 0 bridgehead atoms. The van der Waals surface area contributed by atoms with Crippen molar-refractivity contribution in [3.05, 3.63) is 24.2 Å². The van der Waals surface area contributed by atoms with Crippen LogP contribution in [-0.4, -0.2) is 17.7 Å². The van der Waals surface area contributed by atoms with Gasteiger partial charge in [0.2, 0.25) is 0 Å². The van der Waals surface area contributed by atoms with Crippen molar-refractivity contribution in [3.8, 4) is 0 Å². The van der Waals surface area contributed by atoms with Gasteiger partial charge in [0.05, 0.1) is 6.26 Å². The average Bonchev–Trinajstić information content (AvgIpc) is 2.68. The van der Waals surface area contributed by atoms with Gasteiger partial charge >= 0.3 is 5.97 Å². The van der Waals surface area contributed by atoms with Crippen LogP contribution in [0.15, 0.2) is 22.8 Å². The summed E-state index contributed by atoms with van der Waals surface area (Å²) in [7, 11) is 0. The minimum atomic E-state index is -0.730. The largest absolute Gasteiger partial charge is 0.481 e. The van der Waals surface area contributed by atoms with Crippen LogP contribution in [0.2, 0.25) is 0 Å². The second kappa shape index (κ2) is 7.06. The molecule has 4 heteroatoms. The van der Waals surface area contributed by atoms with Gasteiger partial charge in [0.25, 0.3) is 0 Å². The van der Waals surface area contributed by atoms with Crippen LogP contribution >= 0.6 is 0 Å². The Morgan fingerprint density at radius 3 is 2.93 bits per heavy atom. The Labute approximate surface area is 88.8 Å². The van der Waals surface area contributed by atoms with Crippen molar-refractivity contribution in [2.45, 2.75) is 32.3 Å². The van der Waals surface area contributed by atoms with Gasteiger partial charge < -0.3 is 14.3 Å². The van der Waals surface area contributed by atoms with Crippen molar-refractivity contribution in [2.75, 3.05) is 6.61 Å². The third kappa shape index (κ3) is 5.91. The van der Waals surface area contributed by atoms with E-state index in [1.807, 2.05) is 12.1 Å². The van der Waals surface area contributed by atoms with Gasteiger partial charge in [-0.15, -0.1) is 0 Å². The van der Waals surface area contributed by atoms with Crippen LogP contribution in [0.4, 0.5) is 0 Å². The predicted molar refractivity (Wildman–Crippen MR) is 54.5 cm³/mol. The maximum atomic E-state index is 10.2. The molecule has 1 N–H and O–H groups in total. The van der Waals surface area contributed by atoms with E-state index in [1.54, 1.807) is 6.26 Å². The number of rotatable bonds is 8. The SMILES string of the molecule is O=C(O)CCCCCOCc1ccco1. The molecule has 1 aromatic heterocycles. The molecular formula is C11H16O4. The van der Waals surface area contributed by atoms with E-state index in [9.17, 15) is 4.79 Å². The molecule has 1 aromatic rings. The Bertz CT molecular complexity index is 266. The molecule has 1 rings (SSSR count). The molecular weight excluding hydrogens is 196 g/mol.